The first-order valence-corrected chi connectivity index (χ1v) is 9.57. The molecule has 0 saturated carbocycles. The number of nitrogens with one attached hydrogen (secondary N) is 2. The van der Waals surface area contributed by atoms with Gasteiger partial charge in [0, 0.05) is 42.1 Å². The van der Waals surface area contributed by atoms with Crippen molar-refractivity contribution < 1.29 is 13.2 Å². The molecule has 1 rings (SSSR count). The lowest BCUT2D eigenvalue weighted by Gasteiger charge is -2.06. The second-order valence-corrected chi connectivity index (χ2v) is 8.19. The summed E-state index contributed by atoms with van der Waals surface area (Å²) in [6.07, 6.45) is 0.679. The normalized spacial score (nSPS) is 12.2. The number of rotatable bonds is 10. The zero-order valence-electron chi connectivity index (χ0n) is 13.2. The summed E-state index contributed by atoms with van der Waals surface area (Å²) in [5.41, 5.74) is 0. The SMILES string of the molecule is CCOCCCNS(=O)(=O)c1cc(CNC(C)C)sc1C. The molecule has 2 N–H and O–H groups in total. The molecule has 21 heavy (non-hydrogen) atoms. The standard InChI is InChI=1S/C14H26N2O3S2/c1-5-19-8-6-7-16-21(17,18)14-9-13(20-12(14)4)10-15-11(2)3/h9,11,15-16H,5-8,10H2,1-4H3. The highest BCUT2D eigenvalue weighted by Gasteiger charge is 2.19. The molecule has 1 aromatic rings. The van der Waals surface area contributed by atoms with Gasteiger partial charge in [0.25, 0.3) is 0 Å². The van der Waals surface area contributed by atoms with E-state index >= 15 is 0 Å². The molecule has 0 aliphatic rings. The van der Waals surface area contributed by atoms with Crippen LogP contribution in [-0.2, 0) is 21.3 Å². The van der Waals surface area contributed by atoms with Crippen molar-refractivity contribution in [3.63, 3.8) is 0 Å². The summed E-state index contributed by atoms with van der Waals surface area (Å²) in [6.45, 7) is 10.2. The Kier molecular flexibility index (Phi) is 7.83. The minimum Gasteiger partial charge on any atom is -0.382 e. The first kappa shape index (κ1) is 18.6. The Bertz CT molecular complexity index is 524. The van der Waals surface area contributed by atoms with Crippen LogP contribution >= 0.6 is 11.3 Å². The molecular formula is C14H26N2O3S2. The number of hydrogen-bond donors (Lipinski definition) is 2. The van der Waals surface area contributed by atoms with Crippen LogP contribution in [0.2, 0.25) is 0 Å². The lowest BCUT2D eigenvalue weighted by molar-refractivity contribution is 0.146. The summed E-state index contributed by atoms with van der Waals surface area (Å²) in [5.74, 6) is 0. The van der Waals surface area contributed by atoms with Crippen molar-refractivity contribution >= 4 is 21.4 Å². The predicted octanol–water partition coefficient (Wildman–Crippen LogP) is 2.26. The topological polar surface area (TPSA) is 67.4 Å². The summed E-state index contributed by atoms with van der Waals surface area (Å²) >= 11 is 1.52. The summed E-state index contributed by atoms with van der Waals surface area (Å²) in [6, 6.07) is 2.14. The molecule has 1 aromatic heterocycles. The van der Waals surface area contributed by atoms with Crippen molar-refractivity contribution in [1.29, 1.82) is 0 Å². The highest BCUT2D eigenvalue weighted by atomic mass is 32.2. The van der Waals surface area contributed by atoms with Gasteiger partial charge in [-0.2, -0.15) is 0 Å². The van der Waals surface area contributed by atoms with Crippen molar-refractivity contribution in [3.05, 3.63) is 15.8 Å². The van der Waals surface area contributed by atoms with E-state index in [1.807, 2.05) is 13.8 Å². The third-order valence-corrected chi connectivity index (χ3v) is 5.63. The Hall–Kier alpha value is -0.470. The molecule has 0 atom stereocenters. The van der Waals surface area contributed by atoms with Gasteiger partial charge >= 0.3 is 0 Å². The van der Waals surface area contributed by atoms with Crippen molar-refractivity contribution in [1.82, 2.24) is 10.0 Å². The van der Waals surface area contributed by atoms with Crippen LogP contribution in [0.1, 0.15) is 36.9 Å². The van der Waals surface area contributed by atoms with Gasteiger partial charge in [-0.05, 0) is 26.3 Å². The van der Waals surface area contributed by atoms with E-state index in [2.05, 4.69) is 23.9 Å². The van der Waals surface area contributed by atoms with E-state index in [0.29, 0.717) is 43.7 Å². The highest BCUT2D eigenvalue weighted by Crippen LogP contribution is 2.25. The van der Waals surface area contributed by atoms with Gasteiger partial charge < -0.3 is 10.1 Å². The summed E-state index contributed by atoms with van der Waals surface area (Å²) < 4.78 is 32.4. The van der Waals surface area contributed by atoms with Crippen LogP contribution in [0.3, 0.4) is 0 Å². The van der Waals surface area contributed by atoms with Crippen LogP contribution in [0.4, 0.5) is 0 Å². The number of ether oxygens (including phenoxy) is 1. The van der Waals surface area contributed by atoms with Gasteiger partial charge in [-0.1, -0.05) is 13.8 Å². The molecule has 0 aliphatic heterocycles. The number of aryl methyl sites for hydroxylation is 1. The van der Waals surface area contributed by atoms with E-state index in [1.165, 1.54) is 11.3 Å². The van der Waals surface area contributed by atoms with Gasteiger partial charge in [-0.25, -0.2) is 13.1 Å². The largest absolute Gasteiger partial charge is 0.382 e. The summed E-state index contributed by atoms with van der Waals surface area (Å²) in [5, 5.41) is 3.30. The van der Waals surface area contributed by atoms with E-state index in [1.54, 1.807) is 6.07 Å². The predicted molar refractivity (Wildman–Crippen MR) is 87.3 cm³/mol. The lowest BCUT2D eigenvalue weighted by atomic mass is 10.3. The van der Waals surface area contributed by atoms with Gasteiger partial charge in [-0.15, -0.1) is 11.3 Å². The van der Waals surface area contributed by atoms with Gasteiger partial charge in [0.15, 0.2) is 0 Å². The van der Waals surface area contributed by atoms with Crippen molar-refractivity contribution in [3.8, 4) is 0 Å². The Morgan fingerprint density at radius 1 is 1.38 bits per heavy atom. The maximum Gasteiger partial charge on any atom is 0.241 e. The molecule has 7 heteroatoms. The average molecular weight is 335 g/mol. The average Bonchev–Trinajstić information content (AvgIpc) is 2.78. The molecule has 0 unspecified atom stereocenters. The van der Waals surface area contributed by atoms with E-state index in [0.717, 1.165) is 9.75 Å². The summed E-state index contributed by atoms with van der Waals surface area (Å²) in [7, 11) is -3.42. The Morgan fingerprint density at radius 2 is 2.10 bits per heavy atom. The molecule has 0 aromatic carbocycles. The van der Waals surface area contributed by atoms with Gasteiger partial charge in [0.05, 0.1) is 4.90 Å². The quantitative estimate of drug-likeness (QED) is 0.644. The smallest absolute Gasteiger partial charge is 0.241 e. The second-order valence-electron chi connectivity index (χ2n) is 5.12. The fourth-order valence-corrected chi connectivity index (χ4v) is 4.44. The van der Waals surface area contributed by atoms with Gasteiger partial charge in [0.1, 0.15) is 0 Å². The number of sulfonamides is 1. The summed E-state index contributed by atoms with van der Waals surface area (Å²) in [4.78, 5) is 2.26. The molecule has 0 aliphatic carbocycles. The lowest BCUT2D eigenvalue weighted by Crippen LogP contribution is -2.25. The highest BCUT2D eigenvalue weighted by molar-refractivity contribution is 7.89. The molecular weight excluding hydrogens is 308 g/mol. The van der Waals surface area contributed by atoms with Crippen LogP contribution in [0.15, 0.2) is 11.0 Å². The Labute approximate surface area is 132 Å². The molecule has 0 saturated heterocycles. The van der Waals surface area contributed by atoms with E-state index in [4.69, 9.17) is 4.74 Å². The third kappa shape index (κ3) is 6.44. The van der Waals surface area contributed by atoms with Crippen LogP contribution in [-0.4, -0.2) is 34.2 Å². The van der Waals surface area contributed by atoms with Gasteiger partial charge in [0.2, 0.25) is 10.0 Å². The molecule has 0 spiro atoms. The minimum absolute atomic E-state index is 0.379. The van der Waals surface area contributed by atoms with Crippen molar-refractivity contribution in [2.45, 2.75) is 51.6 Å². The van der Waals surface area contributed by atoms with E-state index in [9.17, 15) is 8.42 Å². The maximum absolute atomic E-state index is 12.3. The molecule has 0 fully saturated rings. The fraction of sp³-hybridized carbons (Fsp3) is 0.714. The molecule has 0 bridgehead atoms. The third-order valence-electron chi connectivity index (χ3n) is 2.86. The zero-order valence-corrected chi connectivity index (χ0v) is 14.9. The van der Waals surface area contributed by atoms with Crippen molar-refractivity contribution in [2.24, 2.45) is 0 Å². The monoisotopic (exact) mass is 334 g/mol. The van der Waals surface area contributed by atoms with E-state index < -0.39 is 10.0 Å². The Balaban J connectivity index is 2.61. The number of thiophene rings is 1. The van der Waals surface area contributed by atoms with Gasteiger partial charge in [-0.3, -0.25) is 0 Å². The number of hydrogen-bond acceptors (Lipinski definition) is 5. The van der Waals surface area contributed by atoms with Crippen LogP contribution in [0.25, 0.3) is 0 Å². The molecule has 0 amide bonds. The second kappa shape index (κ2) is 8.85. The molecule has 5 nitrogen and oxygen atoms in total. The van der Waals surface area contributed by atoms with Crippen LogP contribution < -0.4 is 10.0 Å². The molecule has 0 radical (unpaired) electrons. The molecule has 122 valence electrons. The zero-order chi connectivity index (χ0) is 15.9. The van der Waals surface area contributed by atoms with Crippen molar-refractivity contribution in [2.75, 3.05) is 19.8 Å². The molecule has 1 heterocycles. The first-order chi connectivity index (χ1) is 9.86. The van der Waals surface area contributed by atoms with Crippen LogP contribution in [0, 0.1) is 6.92 Å². The van der Waals surface area contributed by atoms with E-state index in [-0.39, 0.29) is 0 Å². The minimum atomic E-state index is -3.42. The first-order valence-electron chi connectivity index (χ1n) is 7.27. The maximum atomic E-state index is 12.3. The Morgan fingerprint density at radius 3 is 2.71 bits per heavy atom. The van der Waals surface area contributed by atoms with Crippen LogP contribution in [0.5, 0.6) is 0 Å². The fourth-order valence-electron chi connectivity index (χ4n) is 1.79.